The van der Waals surface area contributed by atoms with E-state index in [-0.39, 0.29) is 21.7 Å². The molecule has 0 amide bonds. The Bertz CT molecular complexity index is 5070. The average molecular weight is 1380 g/mol. The zero-order valence-electron chi connectivity index (χ0n) is 62.5. The van der Waals surface area contributed by atoms with Crippen LogP contribution in [-0.4, -0.2) is 0 Å². The molecular weight excluding hydrogens is 1280 g/mol. The average Bonchev–Trinajstić information content (AvgIpc) is 1.49. The Morgan fingerprint density at radius 2 is 0.509 bits per heavy atom. The number of hydrogen-bond donors (Lipinski definition) is 0. The second-order valence-electron chi connectivity index (χ2n) is 38.6. The minimum Gasteiger partial charge on any atom is -0.310 e. The highest BCUT2D eigenvalue weighted by Gasteiger charge is 2.65. The van der Waals surface area contributed by atoms with Crippen molar-refractivity contribution in [3.63, 3.8) is 0 Å². The summed E-state index contributed by atoms with van der Waals surface area (Å²) in [7, 11) is 0. The van der Waals surface area contributed by atoms with Gasteiger partial charge in [-0.3, -0.25) is 0 Å². The van der Waals surface area contributed by atoms with Gasteiger partial charge in [-0.05, 0) is 409 Å². The summed E-state index contributed by atoms with van der Waals surface area (Å²) in [6.45, 7) is 4.94. The summed E-state index contributed by atoms with van der Waals surface area (Å²) in [6.07, 6.45) is 29.9. The highest BCUT2D eigenvalue weighted by Crippen LogP contribution is 2.74. The molecule has 16 bridgehead atoms. The predicted octanol–water partition coefficient (Wildman–Crippen LogP) is 27.0. The van der Waals surface area contributed by atoms with Crippen LogP contribution in [0, 0.1) is 82.9 Å². The lowest BCUT2D eigenvalue weighted by atomic mass is 9.43. The molecule has 0 heterocycles. The van der Waals surface area contributed by atoms with Crippen LogP contribution in [0.3, 0.4) is 0 Å². The Labute approximate surface area is 629 Å². The number of rotatable bonds is 10. The predicted molar refractivity (Wildman–Crippen MR) is 434 cm³/mol. The Morgan fingerprint density at radius 3 is 0.858 bits per heavy atom. The van der Waals surface area contributed by atoms with Crippen molar-refractivity contribution in [2.24, 2.45) is 82.9 Å². The molecule has 2 unspecified atom stereocenters. The van der Waals surface area contributed by atoms with Crippen LogP contribution in [0.4, 0.5) is 34.1 Å². The summed E-state index contributed by atoms with van der Waals surface area (Å²) in [6, 6.07) is 90.8. The van der Waals surface area contributed by atoms with E-state index < -0.39 is 0 Å². The van der Waals surface area contributed by atoms with Gasteiger partial charge in [0, 0.05) is 55.8 Å². The first kappa shape index (κ1) is 61.8. The Morgan fingerprint density at radius 1 is 0.245 bits per heavy atom. The number of nitrogens with zero attached hydrogens (tertiary/aromatic N) is 2. The molecule has 0 aliphatic heterocycles. The van der Waals surface area contributed by atoms with Crippen molar-refractivity contribution in [3.05, 3.63) is 274 Å². The van der Waals surface area contributed by atoms with Crippen molar-refractivity contribution in [1.82, 2.24) is 0 Å². The second-order valence-corrected chi connectivity index (χ2v) is 38.6. The molecule has 0 saturated heterocycles. The van der Waals surface area contributed by atoms with E-state index in [1.54, 1.807) is 44.5 Å². The van der Waals surface area contributed by atoms with Crippen molar-refractivity contribution in [2.45, 2.75) is 189 Å². The van der Waals surface area contributed by atoms with E-state index in [1.165, 1.54) is 218 Å². The van der Waals surface area contributed by atoms with E-state index in [1.807, 2.05) is 0 Å². The van der Waals surface area contributed by atoms with Crippen LogP contribution in [0.25, 0.3) is 44.5 Å². The Kier molecular flexibility index (Phi) is 13.0. The van der Waals surface area contributed by atoms with Gasteiger partial charge in [-0.15, -0.1) is 0 Å². The smallest absolute Gasteiger partial charge is 0.0465 e. The summed E-state index contributed by atoms with van der Waals surface area (Å²) < 4.78 is 0. The van der Waals surface area contributed by atoms with Gasteiger partial charge in [-0.1, -0.05) is 159 Å². The monoisotopic (exact) mass is 1380 g/mol. The maximum atomic E-state index is 2.77. The molecule has 2 atom stereocenters. The maximum absolute atomic E-state index is 2.77. The molecular formula is C104H102N2. The summed E-state index contributed by atoms with van der Waals surface area (Å²) in [5.74, 6) is 12.5. The van der Waals surface area contributed by atoms with E-state index in [0.717, 1.165) is 60.2 Å². The molecule has 528 valence electrons. The summed E-state index contributed by atoms with van der Waals surface area (Å²) in [4.78, 5) is 5.47. The zero-order chi connectivity index (χ0) is 69.3. The van der Waals surface area contributed by atoms with Crippen LogP contribution in [-0.2, 0) is 21.7 Å². The van der Waals surface area contributed by atoms with E-state index in [0.29, 0.717) is 47.3 Å². The fourth-order valence-electron chi connectivity index (χ4n) is 31.6. The standard InChI is InChI=1S/C104H102N2/c1-3-101(4-2,71-21-25-79(26-22-71)105(81-29-33-87-86-14-6-5-13-85(86)69-41-61-37-62(42-69)44-70(43-61)94(87)57-81)82-30-34-91-88-15-7-10-18-95(88)102(98(91)58-82)73-45-63-38-64(47-73)48-74(102)46-63)72-23-27-80(28-24-72)106(83-31-35-92-89-16-8-11-19-96(89)103(99(92)59-83)75-49-65-39-66(51-75)52-76(103)50-65)84-32-36-93-90-17-9-12-20-97(90)104(100(93)60-84)77-53-67-40-68(55-77)56-78(104)54-67/h5-36,57-70,73-78H,3-4,37-56H2,1-2H3. The molecule has 10 aromatic rings. The quantitative estimate of drug-likeness (QED) is 0.135. The lowest BCUT2D eigenvalue weighted by molar-refractivity contribution is -0.0399. The fraction of sp³-hybridized carbons (Fsp3) is 0.423. The Balaban J connectivity index is 0.627. The molecule has 0 N–H and O–H groups in total. The van der Waals surface area contributed by atoms with Gasteiger partial charge < -0.3 is 9.80 Å². The van der Waals surface area contributed by atoms with Gasteiger partial charge >= 0.3 is 0 Å². The van der Waals surface area contributed by atoms with Crippen LogP contribution in [0.15, 0.2) is 218 Å². The minimum absolute atomic E-state index is 0.0827. The molecule has 29 rings (SSSR count). The molecule has 14 fully saturated rings. The Hall–Kier alpha value is -8.20. The molecule has 10 aromatic carbocycles. The molecule has 0 aromatic heterocycles. The van der Waals surface area contributed by atoms with Gasteiger partial charge in [0.1, 0.15) is 0 Å². The van der Waals surface area contributed by atoms with E-state index in [4.69, 9.17) is 0 Å². The van der Waals surface area contributed by atoms with Crippen molar-refractivity contribution in [3.8, 4) is 44.5 Å². The summed E-state index contributed by atoms with van der Waals surface area (Å²) in [5, 5.41) is 0. The van der Waals surface area contributed by atoms with Crippen LogP contribution in [0.1, 0.15) is 223 Å². The summed E-state index contributed by atoms with van der Waals surface area (Å²) in [5.41, 5.74) is 35.7. The normalized spacial score (nSPS) is 34.1. The third-order valence-corrected chi connectivity index (χ3v) is 34.5. The SMILES string of the molecule is CCC(CC)(c1ccc(N(c2ccc3c(c2)C2CC4CC(CC(C4)c4ccccc4-3)C2)c2ccc3c(c2)C2(c4ccccc4-3)C3CC4CC(C3)CC2C4)cc1)c1ccc(N(c2ccc3c(c2)C2(c4ccccc4-3)C3CC4CC(C3)CC2C4)c2ccc3c(c2)C2(c4ccccc4-3)C3CC4CC(C3)CC2C4)cc1. The highest BCUT2D eigenvalue weighted by atomic mass is 15.1. The third-order valence-electron chi connectivity index (χ3n) is 34.5. The number of fused-ring (bicyclic) bond motifs is 9. The molecule has 3 spiro atoms. The summed E-state index contributed by atoms with van der Waals surface area (Å²) >= 11 is 0. The minimum atomic E-state index is -0.193. The third kappa shape index (κ3) is 8.11. The van der Waals surface area contributed by atoms with Gasteiger partial charge in [0.05, 0.1) is 0 Å². The molecule has 19 aliphatic carbocycles. The van der Waals surface area contributed by atoms with Gasteiger partial charge in [0.2, 0.25) is 0 Å². The maximum Gasteiger partial charge on any atom is 0.0465 e. The van der Waals surface area contributed by atoms with Gasteiger partial charge in [0.25, 0.3) is 0 Å². The molecule has 106 heavy (non-hydrogen) atoms. The number of benzene rings is 10. The molecule has 0 radical (unpaired) electrons. The zero-order valence-corrected chi connectivity index (χ0v) is 62.5. The molecule has 14 saturated carbocycles. The lowest BCUT2D eigenvalue weighted by Crippen LogP contribution is -2.55. The van der Waals surface area contributed by atoms with Crippen molar-refractivity contribution < 1.29 is 0 Å². The van der Waals surface area contributed by atoms with Gasteiger partial charge in [-0.2, -0.15) is 0 Å². The number of anilines is 6. The van der Waals surface area contributed by atoms with Gasteiger partial charge in [0.15, 0.2) is 0 Å². The van der Waals surface area contributed by atoms with Crippen LogP contribution in [0.2, 0.25) is 0 Å². The van der Waals surface area contributed by atoms with Crippen LogP contribution >= 0.6 is 0 Å². The van der Waals surface area contributed by atoms with E-state index >= 15 is 0 Å². The first-order chi connectivity index (χ1) is 52.2. The molecule has 2 nitrogen and oxygen atoms in total. The van der Waals surface area contributed by atoms with E-state index in [9.17, 15) is 0 Å². The molecule has 19 aliphatic rings. The van der Waals surface area contributed by atoms with Crippen molar-refractivity contribution in [1.29, 1.82) is 0 Å². The van der Waals surface area contributed by atoms with E-state index in [2.05, 4.69) is 242 Å². The first-order valence-corrected chi connectivity index (χ1v) is 43.0. The highest BCUT2D eigenvalue weighted by molar-refractivity contribution is 5.91. The largest absolute Gasteiger partial charge is 0.310 e. The topological polar surface area (TPSA) is 6.48 Å². The van der Waals surface area contributed by atoms with Crippen LogP contribution < -0.4 is 9.80 Å². The first-order valence-electron chi connectivity index (χ1n) is 43.0. The lowest BCUT2D eigenvalue weighted by Gasteiger charge is -2.61. The molecule has 2 heteroatoms. The van der Waals surface area contributed by atoms with Crippen LogP contribution in [0.5, 0.6) is 0 Å². The van der Waals surface area contributed by atoms with Gasteiger partial charge in [-0.25, -0.2) is 0 Å². The number of hydrogen-bond acceptors (Lipinski definition) is 2. The van der Waals surface area contributed by atoms with Crippen molar-refractivity contribution in [2.75, 3.05) is 9.80 Å². The fourth-order valence-corrected chi connectivity index (χ4v) is 31.6. The van der Waals surface area contributed by atoms with Crippen molar-refractivity contribution >= 4 is 34.1 Å². The second kappa shape index (κ2) is 22.3.